The summed E-state index contributed by atoms with van der Waals surface area (Å²) >= 11 is 3.51. The van der Waals surface area contributed by atoms with Crippen LogP contribution in [0.4, 0.5) is 0 Å². The Bertz CT molecular complexity index is 546. The van der Waals surface area contributed by atoms with E-state index in [0.717, 1.165) is 28.5 Å². The van der Waals surface area contributed by atoms with Gasteiger partial charge in [-0.2, -0.15) is 0 Å². The van der Waals surface area contributed by atoms with Gasteiger partial charge < -0.3 is 5.11 Å². The summed E-state index contributed by atoms with van der Waals surface area (Å²) in [5.74, 6) is 0.394. The molecular weight excluding hydrogens is 292 g/mol. The van der Waals surface area contributed by atoms with Crippen LogP contribution in [0.25, 0.3) is 5.52 Å². The predicted octanol–water partition coefficient (Wildman–Crippen LogP) is 3.71. The van der Waals surface area contributed by atoms with Crippen LogP contribution in [-0.2, 0) is 0 Å². The van der Waals surface area contributed by atoms with Crippen molar-refractivity contribution in [3.05, 3.63) is 34.8 Å². The number of hydrogen-bond acceptors (Lipinski definition) is 2. The fourth-order valence-corrected chi connectivity index (χ4v) is 3.36. The van der Waals surface area contributed by atoms with E-state index in [-0.39, 0.29) is 6.10 Å². The lowest BCUT2D eigenvalue weighted by Gasteiger charge is -2.27. The van der Waals surface area contributed by atoms with Gasteiger partial charge in [-0.25, -0.2) is 4.98 Å². The topological polar surface area (TPSA) is 37.5 Å². The van der Waals surface area contributed by atoms with Gasteiger partial charge in [-0.05, 0) is 46.8 Å². The molecular formula is C14H17BrN2O. The second-order valence-corrected chi connectivity index (χ2v) is 5.95. The minimum Gasteiger partial charge on any atom is -0.387 e. The van der Waals surface area contributed by atoms with Crippen LogP contribution < -0.4 is 0 Å². The van der Waals surface area contributed by atoms with Gasteiger partial charge in [-0.15, -0.1) is 0 Å². The zero-order chi connectivity index (χ0) is 12.5. The number of fused-ring (bicyclic) bond motifs is 1. The second-order valence-electron chi connectivity index (χ2n) is 5.10. The summed E-state index contributed by atoms with van der Waals surface area (Å²) in [5, 5.41) is 10.6. The zero-order valence-corrected chi connectivity index (χ0v) is 11.8. The standard InChI is InChI=1S/C14H17BrN2O/c15-11-6-7-12(17-9-16-8-13(11)17)14(18)10-4-2-1-3-5-10/h6-10,14,18H,1-5H2. The highest BCUT2D eigenvalue weighted by atomic mass is 79.9. The molecule has 1 atom stereocenters. The Morgan fingerprint density at radius 3 is 2.83 bits per heavy atom. The van der Waals surface area contributed by atoms with E-state index in [1.165, 1.54) is 19.3 Å². The fourth-order valence-electron chi connectivity index (χ4n) is 2.93. The van der Waals surface area contributed by atoms with Crippen LogP contribution in [-0.4, -0.2) is 14.5 Å². The number of aliphatic hydroxyl groups excluding tert-OH is 1. The molecule has 2 aromatic heterocycles. The molecule has 18 heavy (non-hydrogen) atoms. The summed E-state index contributed by atoms with van der Waals surface area (Å²) < 4.78 is 3.00. The van der Waals surface area contributed by atoms with Gasteiger partial charge in [0.25, 0.3) is 0 Å². The first-order chi connectivity index (χ1) is 8.77. The van der Waals surface area contributed by atoms with Crippen LogP contribution in [0.15, 0.2) is 29.1 Å². The van der Waals surface area contributed by atoms with Crippen LogP contribution in [0.2, 0.25) is 0 Å². The van der Waals surface area contributed by atoms with E-state index >= 15 is 0 Å². The maximum Gasteiger partial charge on any atom is 0.0995 e. The van der Waals surface area contributed by atoms with Crippen molar-refractivity contribution in [2.24, 2.45) is 5.92 Å². The summed E-state index contributed by atoms with van der Waals surface area (Å²) in [5.41, 5.74) is 1.97. The molecule has 1 unspecified atom stereocenters. The number of aromatic nitrogens is 2. The summed E-state index contributed by atoms with van der Waals surface area (Å²) in [7, 11) is 0. The molecule has 0 aromatic carbocycles. The van der Waals surface area contributed by atoms with Crippen molar-refractivity contribution in [3.63, 3.8) is 0 Å². The summed E-state index contributed by atoms with van der Waals surface area (Å²) in [6.45, 7) is 0. The molecule has 0 aliphatic heterocycles. The maximum absolute atomic E-state index is 10.6. The first-order valence-electron chi connectivity index (χ1n) is 6.56. The molecule has 0 bridgehead atoms. The Morgan fingerprint density at radius 1 is 1.28 bits per heavy atom. The molecule has 4 heteroatoms. The maximum atomic E-state index is 10.6. The van der Waals surface area contributed by atoms with Crippen LogP contribution in [0.1, 0.15) is 43.9 Å². The summed E-state index contributed by atoms with van der Waals surface area (Å²) in [6, 6.07) is 4.00. The average molecular weight is 309 g/mol. The van der Waals surface area contributed by atoms with E-state index < -0.39 is 0 Å². The Kier molecular flexibility index (Phi) is 3.39. The largest absolute Gasteiger partial charge is 0.387 e. The molecule has 0 spiro atoms. The number of nitrogens with zero attached hydrogens (tertiary/aromatic N) is 2. The third kappa shape index (κ3) is 2.08. The number of halogens is 1. The number of imidazole rings is 1. The molecule has 3 rings (SSSR count). The summed E-state index contributed by atoms with van der Waals surface area (Å²) in [4.78, 5) is 4.17. The van der Waals surface area contributed by atoms with Gasteiger partial charge >= 0.3 is 0 Å². The van der Waals surface area contributed by atoms with Crippen molar-refractivity contribution in [2.45, 2.75) is 38.2 Å². The molecule has 0 amide bonds. The highest BCUT2D eigenvalue weighted by Crippen LogP contribution is 2.35. The smallest absolute Gasteiger partial charge is 0.0995 e. The third-order valence-electron chi connectivity index (χ3n) is 3.96. The molecule has 0 saturated heterocycles. The van der Waals surface area contributed by atoms with E-state index in [1.807, 2.05) is 22.7 Å². The Balaban J connectivity index is 1.98. The van der Waals surface area contributed by atoms with Gasteiger partial charge in [0.15, 0.2) is 0 Å². The first kappa shape index (κ1) is 12.2. The quantitative estimate of drug-likeness (QED) is 0.918. The van der Waals surface area contributed by atoms with Gasteiger partial charge in [-0.3, -0.25) is 4.40 Å². The third-order valence-corrected chi connectivity index (χ3v) is 4.63. The Hall–Kier alpha value is -0.870. The number of aliphatic hydroxyl groups is 1. The lowest BCUT2D eigenvalue weighted by Crippen LogP contribution is -2.18. The van der Waals surface area contributed by atoms with E-state index in [1.54, 1.807) is 6.33 Å². The molecule has 96 valence electrons. The van der Waals surface area contributed by atoms with Crippen molar-refractivity contribution >= 4 is 21.4 Å². The van der Waals surface area contributed by atoms with E-state index in [4.69, 9.17) is 0 Å². The highest BCUT2D eigenvalue weighted by Gasteiger charge is 2.24. The van der Waals surface area contributed by atoms with E-state index in [9.17, 15) is 5.11 Å². The van der Waals surface area contributed by atoms with Gasteiger partial charge in [0.1, 0.15) is 0 Å². The van der Waals surface area contributed by atoms with Crippen molar-refractivity contribution in [2.75, 3.05) is 0 Å². The fraction of sp³-hybridized carbons (Fsp3) is 0.500. The molecule has 1 aliphatic rings. The normalized spacial score (nSPS) is 19.2. The molecule has 2 aromatic rings. The molecule has 2 heterocycles. The minimum absolute atomic E-state index is 0.380. The van der Waals surface area contributed by atoms with Gasteiger partial charge in [0.2, 0.25) is 0 Å². The zero-order valence-electron chi connectivity index (χ0n) is 10.2. The molecule has 0 radical (unpaired) electrons. The molecule has 1 fully saturated rings. The minimum atomic E-state index is -0.380. The van der Waals surface area contributed by atoms with Gasteiger partial charge in [-0.1, -0.05) is 19.3 Å². The van der Waals surface area contributed by atoms with Gasteiger partial charge in [0.05, 0.1) is 29.8 Å². The highest BCUT2D eigenvalue weighted by molar-refractivity contribution is 9.10. The van der Waals surface area contributed by atoms with Crippen LogP contribution in [0, 0.1) is 5.92 Å². The average Bonchev–Trinajstić information content (AvgIpc) is 2.90. The van der Waals surface area contributed by atoms with Crippen LogP contribution >= 0.6 is 15.9 Å². The van der Waals surface area contributed by atoms with Crippen molar-refractivity contribution in [1.29, 1.82) is 0 Å². The lowest BCUT2D eigenvalue weighted by atomic mass is 9.84. The van der Waals surface area contributed by atoms with E-state index in [0.29, 0.717) is 5.92 Å². The van der Waals surface area contributed by atoms with Crippen molar-refractivity contribution < 1.29 is 5.11 Å². The number of pyridine rings is 1. The SMILES string of the molecule is OC(c1ccc(Br)c2cncn12)C1CCCCC1. The number of hydrogen-bond donors (Lipinski definition) is 1. The van der Waals surface area contributed by atoms with Crippen LogP contribution in [0.5, 0.6) is 0 Å². The second kappa shape index (κ2) is 5.02. The lowest BCUT2D eigenvalue weighted by molar-refractivity contribution is 0.0801. The molecule has 1 saturated carbocycles. The molecule has 1 aliphatic carbocycles. The van der Waals surface area contributed by atoms with E-state index in [2.05, 4.69) is 20.9 Å². The summed E-state index contributed by atoms with van der Waals surface area (Å²) in [6.07, 6.45) is 9.28. The Morgan fingerprint density at radius 2 is 2.06 bits per heavy atom. The van der Waals surface area contributed by atoms with Crippen molar-refractivity contribution in [1.82, 2.24) is 9.38 Å². The molecule has 1 N–H and O–H groups in total. The van der Waals surface area contributed by atoms with Crippen LogP contribution in [0.3, 0.4) is 0 Å². The monoisotopic (exact) mass is 308 g/mol. The van der Waals surface area contributed by atoms with Crippen molar-refractivity contribution in [3.8, 4) is 0 Å². The Labute approximate surface area is 115 Å². The first-order valence-corrected chi connectivity index (χ1v) is 7.35. The predicted molar refractivity (Wildman–Crippen MR) is 74.4 cm³/mol. The molecule has 3 nitrogen and oxygen atoms in total. The number of rotatable bonds is 2. The van der Waals surface area contributed by atoms with Gasteiger partial charge in [0, 0.05) is 4.47 Å².